The van der Waals surface area contributed by atoms with E-state index in [4.69, 9.17) is 5.11 Å². The summed E-state index contributed by atoms with van der Waals surface area (Å²) in [6, 6.07) is 11.1. The molecule has 2 aromatic rings. The molecule has 72 valence electrons. The van der Waals surface area contributed by atoms with Gasteiger partial charge in [-0.25, -0.2) is 4.79 Å². The zero-order chi connectivity index (χ0) is 10.1. The SMILES string of the molecule is Cc1cccc2cccc(C(=O)O)c12.[Hg]. The average Bonchev–Trinajstić information content (AvgIpc) is 2.17. The van der Waals surface area contributed by atoms with Gasteiger partial charge in [-0.3, -0.25) is 0 Å². The van der Waals surface area contributed by atoms with Gasteiger partial charge < -0.3 is 5.11 Å². The number of aromatic carboxylic acids is 1. The number of hydrogen-bond acceptors (Lipinski definition) is 1. The van der Waals surface area contributed by atoms with Crippen LogP contribution in [0, 0.1) is 6.92 Å². The van der Waals surface area contributed by atoms with Gasteiger partial charge in [0.25, 0.3) is 0 Å². The monoisotopic (exact) mass is 388 g/mol. The Kier molecular flexibility index (Phi) is 3.86. The fourth-order valence-electron chi connectivity index (χ4n) is 1.71. The summed E-state index contributed by atoms with van der Waals surface area (Å²) < 4.78 is 0. The van der Waals surface area contributed by atoms with E-state index >= 15 is 0 Å². The van der Waals surface area contributed by atoms with Crippen LogP contribution in [0.5, 0.6) is 0 Å². The number of rotatable bonds is 1. The number of carboxylic acid groups (broad SMARTS) is 1. The molecule has 0 aromatic heterocycles. The summed E-state index contributed by atoms with van der Waals surface area (Å²) in [5.74, 6) is -0.870. The maximum atomic E-state index is 11.0. The van der Waals surface area contributed by atoms with Gasteiger partial charge in [-0.1, -0.05) is 30.3 Å². The van der Waals surface area contributed by atoms with E-state index in [2.05, 4.69) is 0 Å². The second-order valence-electron chi connectivity index (χ2n) is 3.28. The summed E-state index contributed by atoms with van der Waals surface area (Å²) in [6.07, 6.45) is 0. The summed E-state index contributed by atoms with van der Waals surface area (Å²) in [4.78, 5) is 11.0. The third kappa shape index (κ3) is 2.20. The second-order valence-corrected chi connectivity index (χ2v) is 3.28. The average molecular weight is 387 g/mol. The van der Waals surface area contributed by atoms with Crippen LogP contribution in [0.4, 0.5) is 0 Å². The predicted octanol–water partition coefficient (Wildman–Crippen LogP) is 2.84. The van der Waals surface area contributed by atoms with Crippen LogP contribution in [0.1, 0.15) is 15.9 Å². The van der Waals surface area contributed by atoms with Gasteiger partial charge in [-0.05, 0) is 29.3 Å². The van der Waals surface area contributed by atoms with Crippen molar-refractivity contribution in [2.45, 2.75) is 6.92 Å². The summed E-state index contributed by atoms with van der Waals surface area (Å²) >= 11 is 0. The van der Waals surface area contributed by atoms with Gasteiger partial charge in [0.2, 0.25) is 0 Å². The van der Waals surface area contributed by atoms with Crippen LogP contribution < -0.4 is 0 Å². The van der Waals surface area contributed by atoms with Crippen molar-refractivity contribution in [1.82, 2.24) is 0 Å². The van der Waals surface area contributed by atoms with E-state index in [0.29, 0.717) is 5.56 Å². The molecular formula is C12H10HgO2. The summed E-state index contributed by atoms with van der Waals surface area (Å²) in [5.41, 5.74) is 1.38. The molecule has 1 N–H and O–H groups in total. The molecule has 0 aliphatic heterocycles. The first-order valence-electron chi connectivity index (χ1n) is 4.42. The molecule has 0 bridgehead atoms. The maximum absolute atomic E-state index is 11.0. The molecule has 0 fully saturated rings. The number of aryl methyl sites for hydroxylation is 1. The zero-order valence-corrected chi connectivity index (χ0v) is 14.0. The van der Waals surface area contributed by atoms with Crippen molar-refractivity contribution in [3.05, 3.63) is 47.5 Å². The van der Waals surface area contributed by atoms with E-state index in [9.17, 15) is 4.79 Å². The normalized spacial score (nSPS) is 9.67. The van der Waals surface area contributed by atoms with Crippen LogP contribution in [-0.4, -0.2) is 11.1 Å². The van der Waals surface area contributed by atoms with E-state index < -0.39 is 5.97 Å². The minimum absolute atomic E-state index is 0. The Morgan fingerprint density at radius 1 is 1.13 bits per heavy atom. The molecule has 0 saturated heterocycles. The van der Waals surface area contributed by atoms with Crippen molar-refractivity contribution in [1.29, 1.82) is 0 Å². The van der Waals surface area contributed by atoms with Gasteiger partial charge in [0.1, 0.15) is 0 Å². The minimum atomic E-state index is -0.870. The van der Waals surface area contributed by atoms with Crippen molar-refractivity contribution in [3.63, 3.8) is 0 Å². The maximum Gasteiger partial charge on any atom is 0.336 e. The van der Waals surface area contributed by atoms with E-state index in [1.165, 1.54) is 0 Å². The Bertz CT molecular complexity index is 501. The Morgan fingerprint density at radius 2 is 1.73 bits per heavy atom. The molecule has 0 heterocycles. The first-order valence-corrected chi connectivity index (χ1v) is 4.42. The fourth-order valence-corrected chi connectivity index (χ4v) is 1.71. The van der Waals surface area contributed by atoms with Crippen LogP contribution in [-0.2, 0) is 27.7 Å². The van der Waals surface area contributed by atoms with Gasteiger partial charge in [-0.2, -0.15) is 0 Å². The van der Waals surface area contributed by atoms with Crippen molar-refractivity contribution >= 4 is 16.7 Å². The van der Waals surface area contributed by atoms with Crippen molar-refractivity contribution in [3.8, 4) is 0 Å². The number of fused-ring (bicyclic) bond motifs is 1. The van der Waals surface area contributed by atoms with Crippen LogP contribution in [0.25, 0.3) is 10.8 Å². The molecule has 15 heavy (non-hydrogen) atoms. The summed E-state index contributed by atoms with van der Waals surface area (Å²) in [5, 5.41) is 10.8. The minimum Gasteiger partial charge on any atom is -0.478 e. The molecule has 0 unspecified atom stereocenters. The van der Waals surface area contributed by atoms with Gasteiger partial charge in [0.05, 0.1) is 5.56 Å². The Balaban J connectivity index is 0.00000112. The largest absolute Gasteiger partial charge is 0.478 e. The van der Waals surface area contributed by atoms with Crippen molar-refractivity contribution in [2.24, 2.45) is 0 Å². The van der Waals surface area contributed by atoms with Gasteiger partial charge in [0, 0.05) is 27.7 Å². The Hall–Kier alpha value is -0.895. The second kappa shape index (κ2) is 4.75. The Labute approximate surface area is 108 Å². The standard InChI is InChI=1S/C12H10O2.Hg/c1-8-4-2-5-9-6-3-7-10(11(8)9)12(13)14;/h2-7H,1H3,(H,13,14);. The van der Waals surface area contributed by atoms with Crippen LogP contribution >= 0.6 is 0 Å². The van der Waals surface area contributed by atoms with E-state index in [1.54, 1.807) is 12.1 Å². The first-order chi connectivity index (χ1) is 6.70. The van der Waals surface area contributed by atoms with Gasteiger partial charge in [0.15, 0.2) is 0 Å². The molecule has 2 nitrogen and oxygen atoms in total. The molecule has 0 spiro atoms. The molecule has 2 rings (SSSR count). The molecule has 0 amide bonds. The van der Waals surface area contributed by atoms with Crippen LogP contribution in [0.2, 0.25) is 0 Å². The molecule has 2 aromatic carbocycles. The van der Waals surface area contributed by atoms with E-state index in [0.717, 1.165) is 16.3 Å². The molecule has 0 radical (unpaired) electrons. The van der Waals surface area contributed by atoms with E-state index in [1.807, 2.05) is 31.2 Å². The summed E-state index contributed by atoms with van der Waals surface area (Å²) in [7, 11) is 0. The third-order valence-electron chi connectivity index (χ3n) is 2.34. The van der Waals surface area contributed by atoms with Crippen LogP contribution in [0.3, 0.4) is 0 Å². The van der Waals surface area contributed by atoms with Crippen LogP contribution in [0.15, 0.2) is 36.4 Å². The quantitative estimate of drug-likeness (QED) is 0.765. The van der Waals surface area contributed by atoms with Gasteiger partial charge in [-0.15, -0.1) is 0 Å². The number of benzene rings is 2. The summed E-state index contributed by atoms with van der Waals surface area (Å²) in [6.45, 7) is 1.93. The molecule has 0 aliphatic rings. The predicted molar refractivity (Wildman–Crippen MR) is 55.6 cm³/mol. The van der Waals surface area contributed by atoms with Crippen molar-refractivity contribution in [2.75, 3.05) is 0 Å². The number of carbonyl (C=O) groups is 1. The van der Waals surface area contributed by atoms with Gasteiger partial charge >= 0.3 is 5.97 Å². The Morgan fingerprint density at radius 3 is 2.33 bits per heavy atom. The molecule has 0 saturated carbocycles. The number of hydrogen-bond donors (Lipinski definition) is 1. The topological polar surface area (TPSA) is 37.3 Å². The van der Waals surface area contributed by atoms with Crippen molar-refractivity contribution < 1.29 is 37.6 Å². The molecule has 3 heteroatoms. The van der Waals surface area contributed by atoms with E-state index in [-0.39, 0.29) is 27.7 Å². The number of carboxylic acids is 1. The zero-order valence-electron chi connectivity index (χ0n) is 8.53. The molecule has 0 atom stereocenters. The fraction of sp³-hybridized carbons (Fsp3) is 0.0833. The molecule has 0 aliphatic carbocycles. The molecular weight excluding hydrogens is 377 g/mol. The first kappa shape index (κ1) is 12.2. The third-order valence-corrected chi connectivity index (χ3v) is 2.34. The smallest absolute Gasteiger partial charge is 0.336 e.